The van der Waals surface area contributed by atoms with Gasteiger partial charge in [-0.05, 0) is 115 Å². The lowest BCUT2D eigenvalue weighted by Gasteiger charge is -2.31. The Morgan fingerprint density at radius 2 is 0.927 bits per heavy atom. The summed E-state index contributed by atoms with van der Waals surface area (Å²) in [4.78, 5) is 2.20. The summed E-state index contributed by atoms with van der Waals surface area (Å²) in [5.74, 6) is -0.279. The lowest BCUT2D eigenvalue weighted by atomic mass is 9.70. The van der Waals surface area contributed by atoms with Crippen LogP contribution in [0.15, 0.2) is 188 Å². The molecule has 1 spiro atoms. The monoisotopic (exact) mass is 709 g/mol. The van der Waals surface area contributed by atoms with E-state index in [0.717, 1.165) is 33.8 Å². The Morgan fingerprint density at radius 3 is 1.58 bits per heavy atom. The molecule has 0 saturated heterocycles. The number of nitrogens with zero attached hydrogens (tertiary/aromatic N) is 1. The van der Waals surface area contributed by atoms with Gasteiger partial charge >= 0.3 is 0 Å². The molecular weight excluding hydrogens is 670 g/mol. The SMILES string of the molecule is CC(C)(C)c1ccccc1-c1ccc(N(c2ccccc2)c2cc(F)ccc2-c2cccc3c2-c2ccccc2C32c3ccccc3-c3ccccc32)cc1. The minimum Gasteiger partial charge on any atom is -0.310 e. The molecule has 2 heteroatoms. The Morgan fingerprint density at radius 1 is 0.418 bits per heavy atom. The zero-order chi connectivity index (χ0) is 37.3. The van der Waals surface area contributed by atoms with E-state index >= 15 is 4.39 Å². The second-order valence-corrected chi connectivity index (χ2v) is 15.8. The van der Waals surface area contributed by atoms with Crippen LogP contribution in [0, 0.1) is 5.82 Å². The average Bonchev–Trinajstić information content (AvgIpc) is 3.69. The number of benzene rings is 8. The predicted octanol–water partition coefficient (Wildman–Crippen LogP) is 14.3. The van der Waals surface area contributed by atoms with E-state index < -0.39 is 5.41 Å². The minimum absolute atomic E-state index is 0.00238. The second-order valence-electron chi connectivity index (χ2n) is 15.8. The molecule has 0 N–H and O–H groups in total. The van der Waals surface area contributed by atoms with Crippen molar-refractivity contribution in [1.82, 2.24) is 0 Å². The maximum atomic E-state index is 15.8. The van der Waals surface area contributed by atoms with Crippen LogP contribution in [0.1, 0.15) is 48.6 Å². The smallest absolute Gasteiger partial charge is 0.125 e. The van der Waals surface area contributed by atoms with Gasteiger partial charge in [0.1, 0.15) is 5.82 Å². The molecule has 8 aromatic carbocycles. The average molecular weight is 710 g/mol. The van der Waals surface area contributed by atoms with E-state index in [0.29, 0.717) is 0 Å². The van der Waals surface area contributed by atoms with Crippen molar-refractivity contribution in [2.45, 2.75) is 31.6 Å². The summed E-state index contributed by atoms with van der Waals surface area (Å²) in [6.07, 6.45) is 0. The van der Waals surface area contributed by atoms with Crippen LogP contribution in [0.3, 0.4) is 0 Å². The van der Waals surface area contributed by atoms with E-state index in [2.05, 4.69) is 177 Å². The van der Waals surface area contributed by atoms with Crippen molar-refractivity contribution in [2.24, 2.45) is 0 Å². The first kappa shape index (κ1) is 33.1. The summed E-state index contributed by atoms with van der Waals surface area (Å²) < 4.78 is 15.8. The van der Waals surface area contributed by atoms with E-state index in [1.165, 1.54) is 55.6 Å². The summed E-state index contributed by atoms with van der Waals surface area (Å²) in [6, 6.07) is 66.3. The molecule has 0 aromatic heterocycles. The van der Waals surface area contributed by atoms with Crippen LogP contribution in [0.4, 0.5) is 21.5 Å². The fourth-order valence-electron chi connectivity index (χ4n) is 9.47. The number of halogens is 1. The summed E-state index contributed by atoms with van der Waals surface area (Å²) in [7, 11) is 0. The number of hydrogen-bond donors (Lipinski definition) is 0. The van der Waals surface area contributed by atoms with Crippen LogP contribution in [-0.2, 0) is 10.8 Å². The van der Waals surface area contributed by atoms with Crippen molar-refractivity contribution in [1.29, 1.82) is 0 Å². The third-order valence-electron chi connectivity index (χ3n) is 11.7. The topological polar surface area (TPSA) is 3.24 Å². The second kappa shape index (κ2) is 12.5. The molecule has 2 aliphatic carbocycles. The van der Waals surface area contributed by atoms with Gasteiger partial charge in [0.25, 0.3) is 0 Å². The van der Waals surface area contributed by atoms with Crippen LogP contribution in [0.5, 0.6) is 0 Å². The van der Waals surface area contributed by atoms with Gasteiger partial charge in [-0.25, -0.2) is 4.39 Å². The molecule has 2 aliphatic rings. The molecule has 10 rings (SSSR count). The van der Waals surface area contributed by atoms with Crippen LogP contribution in [-0.4, -0.2) is 0 Å². The Balaban J connectivity index is 1.20. The third kappa shape index (κ3) is 4.98. The van der Waals surface area contributed by atoms with Gasteiger partial charge in [0, 0.05) is 16.9 Å². The van der Waals surface area contributed by atoms with Crippen molar-refractivity contribution in [3.05, 3.63) is 222 Å². The van der Waals surface area contributed by atoms with Crippen molar-refractivity contribution in [3.63, 3.8) is 0 Å². The number of fused-ring (bicyclic) bond motifs is 10. The quantitative estimate of drug-likeness (QED) is 0.172. The van der Waals surface area contributed by atoms with E-state index in [1.54, 1.807) is 12.1 Å². The number of rotatable bonds is 5. The van der Waals surface area contributed by atoms with Crippen molar-refractivity contribution in [3.8, 4) is 44.5 Å². The van der Waals surface area contributed by atoms with Gasteiger partial charge < -0.3 is 4.90 Å². The maximum Gasteiger partial charge on any atom is 0.125 e. The van der Waals surface area contributed by atoms with Gasteiger partial charge in [0.15, 0.2) is 0 Å². The number of para-hydroxylation sites is 1. The van der Waals surface area contributed by atoms with E-state index in [-0.39, 0.29) is 11.2 Å². The van der Waals surface area contributed by atoms with Crippen LogP contribution < -0.4 is 4.90 Å². The lowest BCUT2D eigenvalue weighted by molar-refractivity contribution is 0.592. The van der Waals surface area contributed by atoms with Gasteiger partial charge in [0.05, 0.1) is 11.1 Å². The standard InChI is InChI=1S/C53H40FN/c1-52(2,3)45-23-11-7-18-39(45)35-28-31-38(32-29-35)55(37-16-5-4-6-17-37)50-34-36(54)30-33-42(50)43-22-15-27-49-51(43)44-21-10-14-26-48(44)53(49)46-24-12-8-19-40(46)41-20-9-13-25-47(41)53/h4-34H,1-3H3. The molecule has 0 fully saturated rings. The Hall–Kier alpha value is -6.51. The summed E-state index contributed by atoms with van der Waals surface area (Å²) in [5.41, 5.74) is 18.1. The number of hydrogen-bond acceptors (Lipinski definition) is 1. The zero-order valence-corrected chi connectivity index (χ0v) is 31.2. The largest absolute Gasteiger partial charge is 0.310 e. The van der Waals surface area contributed by atoms with E-state index in [9.17, 15) is 0 Å². The Labute approximate surface area is 323 Å². The molecule has 0 saturated carbocycles. The van der Waals surface area contributed by atoms with E-state index in [4.69, 9.17) is 0 Å². The molecule has 264 valence electrons. The highest BCUT2D eigenvalue weighted by Gasteiger charge is 2.52. The van der Waals surface area contributed by atoms with Crippen molar-refractivity contribution in [2.75, 3.05) is 4.90 Å². The molecule has 0 amide bonds. The van der Waals surface area contributed by atoms with Gasteiger partial charge in [-0.2, -0.15) is 0 Å². The minimum atomic E-state index is -0.465. The highest BCUT2D eigenvalue weighted by atomic mass is 19.1. The molecule has 8 aromatic rings. The summed E-state index contributed by atoms with van der Waals surface area (Å²) in [6.45, 7) is 6.77. The van der Waals surface area contributed by atoms with Crippen molar-refractivity contribution < 1.29 is 4.39 Å². The molecule has 1 nitrogen and oxygen atoms in total. The highest BCUT2D eigenvalue weighted by molar-refractivity contribution is 6.02. The summed E-state index contributed by atoms with van der Waals surface area (Å²) in [5, 5.41) is 0. The predicted molar refractivity (Wildman–Crippen MR) is 227 cm³/mol. The van der Waals surface area contributed by atoms with Gasteiger partial charge in [0.2, 0.25) is 0 Å². The van der Waals surface area contributed by atoms with Crippen LogP contribution in [0.25, 0.3) is 44.5 Å². The first-order valence-corrected chi connectivity index (χ1v) is 19.1. The Bertz CT molecular complexity index is 2710. The normalized spacial score (nSPS) is 13.2. The molecule has 55 heavy (non-hydrogen) atoms. The molecule has 0 radical (unpaired) electrons. The molecular formula is C53H40FN. The van der Waals surface area contributed by atoms with Crippen LogP contribution >= 0.6 is 0 Å². The van der Waals surface area contributed by atoms with Crippen LogP contribution in [0.2, 0.25) is 0 Å². The molecule has 0 bridgehead atoms. The number of anilines is 3. The first-order chi connectivity index (χ1) is 26.9. The van der Waals surface area contributed by atoms with Gasteiger partial charge in [-0.1, -0.05) is 166 Å². The molecule has 0 heterocycles. The van der Waals surface area contributed by atoms with Gasteiger partial charge in [-0.15, -0.1) is 0 Å². The van der Waals surface area contributed by atoms with Gasteiger partial charge in [-0.3, -0.25) is 0 Å². The van der Waals surface area contributed by atoms with Crippen molar-refractivity contribution >= 4 is 17.1 Å². The zero-order valence-electron chi connectivity index (χ0n) is 31.2. The third-order valence-corrected chi connectivity index (χ3v) is 11.7. The maximum absolute atomic E-state index is 15.8. The molecule has 0 unspecified atom stereocenters. The lowest BCUT2D eigenvalue weighted by Crippen LogP contribution is -2.25. The summed E-state index contributed by atoms with van der Waals surface area (Å²) >= 11 is 0. The fourth-order valence-corrected chi connectivity index (χ4v) is 9.47. The van der Waals surface area contributed by atoms with E-state index in [1.807, 2.05) is 24.3 Å². The molecule has 0 atom stereocenters. The highest BCUT2D eigenvalue weighted by Crippen LogP contribution is 2.64. The first-order valence-electron chi connectivity index (χ1n) is 19.1. The fraction of sp³-hybridized carbons (Fsp3) is 0.0943. The molecule has 0 aliphatic heterocycles. The Kier molecular flexibility index (Phi) is 7.54.